The number of hydrogen-bond acceptors (Lipinski definition) is 7. The Kier molecular flexibility index (Phi) is 8.10. The summed E-state index contributed by atoms with van der Waals surface area (Å²) in [6, 6.07) is 2.24. The number of ketones is 1. The minimum absolute atomic E-state index is 0.226. The molecule has 45 heavy (non-hydrogen) atoms. The Morgan fingerprint density at radius 1 is 0.733 bits per heavy atom. The van der Waals surface area contributed by atoms with Crippen LogP contribution in [0.1, 0.15) is 104 Å². The van der Waals surface area contributed by atoms with Gasteiger partial charge in [0.2, 0.25) is 5.95 Å². The van der Waals surface area contributed by atoms with Gasteiger partial charge >= 0.3 is 0 Å². The molecule has 1 unspecified atom stereocenters. The van der Waals surface area contributed by atoms with Crippen molar-refractivity contribution in [1.82, 2.24) is 14.9 Å². The topological polar surface area (TPSA) is 55.8 Å². The summed E-state index contributed by atoms with van der Waals surface area (Å²) in [6.07, 6.45) is 17.3. The van der Waals surface area contributed by atoms with Gasteiger partial charge in [-0.2, -0.15) is 9.97 Å². The van der Waals surface area contributed by atoms with E-state index in [-0.39, 0.29) is 11.3 Å². The van der Waals surface area contributed by atoms with E-state index in [1.807, 2.05) is 0 Å². The molecule has 0 bridgehead atoms. The Balaban J connectivity index is 0.904. The van der Waals surface area contributed by atoms with Crippen molar-refractivity contribution in [3.05, 3.63) is 6.07 Å². The van der Waals surface area contributed by atoms with Crippen LogP contribution < -0.4 is 14.7 Å². The lowest BCUT2D eigenvalue weighted by Crippen LogP contribution is -2.54. The Morgan fingerprint density at radius 3 is 2.07 bits per heavy atom. The molecule has 4 saturated carbocycles. The first-order chi connectivity index (χ1) is 21.8. The zero-order valence-corrected chi connectivity index (χ0v) is 28.7. The highest BCUT2D eigenvalue weighted by Gasteiger charge is 2.61. The molecule has 248 valence electrons. The third-order valence-electron chi connectivity index (χ3n) is 14.9. The monoisotopic (exact) mass is 616 g/mol. The third-order valence-corrected chi connectivity index (χ3v) is 14.9. The maximum absolute atomic E-state index is 14.1. The van der Waals surface area contributed by atoms with Crippen molar-refractivity contribution in [1.29, 1.82) is 0 Å². The molecular formula is C38H60N6O. The molecule has 7 heteroatoms. The molecule has 3 saturated heterocycles. The van der Waals surface area contributed by atoms with E-state index in [9.17, 15) is 4.79 Å². The number of piperazine rings is 1. The highest BCUT2D eigenvalue weighted by atomic mass is 16.1. The van der Waals surface area contributed by atoms with Crippen LogP contribution in [0.5, 0.6) is 0 Å². The number of hydrogen-bond donors (Lipinski definition) is 0. The lowest BCUT2D eigenvalue weighted by atomic mass is 9.44. The van der Waals surface area contributed by atoms with Crippen molar-refractivity contribution in [2.45, 2.75) is 104 Å². The van der Waals surface area contributed by atoms with E-state index in [1.54, 1.807) is 0 Å². The van der Waals surface area contributed by atoms with Gasteiger partial charge in [-0.25, -0.2) is 0 Å². The molecule has 0 amide bonds. The fourth-order valence-electron chi connectivity index (χ4n) is 12.2. The standard InChI is InChI=1S/C38H60N6O/c1-27-12-14-37(2)28(24-27)8-9-29-30-10-11-32(38(30,3)15-13-31(29)37)33(45)26-41-20-22-43(23-21-41)35-25-34(42-16-4-5-17-42)39-36(40-35)44-18-6-7-19-44/h25,27-32H,4-24,26H2,1-3H3/t27?,28-,29-,30-,31-,32+,37-,38-/m0/s1. The van der Waals surface area contributed by atoms with Crippen molar-refractivity contribution in [2.75, 3.05) is 73.6 Å². The van der Waals surface area contributed by atoms with Crippen LogP contribution in [0.4, 0.5) is 17.6 Å². The van der Waals surface area contributed by atoms with Gasteiger partial charge in [-0.3, -0.25) is 9.69 Å². The number of fused-ring (bicyclic) bond motifs is 5. The predicted octanol–water partition coefficient (Wildman–Crippen LogP) is 6.66. The molecule has 7 aliphatic rings. The molecule has 8 rings (SSSR count). The molecule has 0 aromatic carbocycles. The Morgan fingerprint density at radius 2 is 1.36 bits per heavy atom. The van der Waals surface area contributed by atoms with Gasteiger partial charge in [0.15, 0.2) is 0 Å². The molecular weight excluding hydrogens is 556 g/mol. The summed E-state index contributed by atoms with van der Waals surface area (Å²) in [5, 5.41) is 0. The summed E-state index contributed by atoms with van der Waals surface area (Å²) in [5.74, 6) is 8.34. The Labute approximate surface area is 272 Å². The smallest absolute Gasteiger partial charge is 0.229 e. The van der Waals surface area contributed by atoms with Crippen LogP contribution >= 0.6 is 0 Å². The summed E-state index contributed by atoms with van der Waals surface area (Å²) in [4.78, 5) is 34.0. The van der Waals surface area contributed by atoms with Crippen LogP contribution in [0.3, 0.4) is 0 Å². The van der Waals surface area contributed by atoms with E-state index in [1.165, 1.54) is 77.0 Å². The summed E-state index contributed by atoms with van der Waals surface area (Å²) in [5.41, 5.74) is 0.789. The van der Waals surface area contributed by atoms with E-state index in [0.29, 0.717) is 17.7 Å². The van der Waals surface area contributed by atoms with Gasteiger partial charge < -0.3 is 14.7 Å². The molecule has 8 atom stereocenters. The van der Waals surface area contributed by atoms with Crippen molar-refractivity contribution in [2.24, 2.45) is 46.3 Å². The zero-order valence-electron chi connectivity index (χ0n) is 28.7. The molecule has 1 aromatic rings. The van der Waals surface area contributed by atoms with E-state index < -0.39 is 0 Å². The van der Waals surface area contributed by atoms with Crippen LogP contribution in [-0.4, -0.2) is 79.6 Å². The first-order valence-electron chi connectivity index (χ1n) is 19.2. The number of carbonyl (C=O) groups excluding carboxylic acids is 1. The Hall–Kier alpha value is -1.89. The molecule has 4 heterocycles. The third kappa shape index (κ3) is 5.39. The van der Waals surface area contributed by atoms with Crippen molar-refractivity contribution in [3.8, 4) is 0 Å². The van der Waals surface area contributed by atoms with Crippen molar-refractivity contribution in [3.63, 3.8) is 0 Å². The van der Waals surface area contributed by atoms with E-state index in [4.69, 9.17) is 9.97 Å². The maximum atomic E-state index is 14.1. The fourth-order valence-corrected chi connectivity index (χ4v) is 12.2. The molecule has 0 N–H and O–H groups in total. The minimum Gasteiger partial charge on any atom is -0.356 e. The molecule has 7 fully saturated rings. The molecule has 3 aliphatic heterocycles. The van der Waals surface area contributed by atoms with Crippen molar-refractivity contribution < 1.29 is 4.79 Å². The maximum Gasteiger partial charge on any atom is 0.229 e. The lowest BCUT2D eigenvalue weighted by molar-refractivity contribution is -0.137. The van der Waals surface area contributed by atoms with Crippen LogP contribution in [0, 0.1) is 46.3 Å². The molecule has 4 aliphatic carbocycles. The van der Waals surface area contributed by atoms with Crippen LogP contribution in [0.2, 0.25) is 0 Å². The summed E-state index contributed by atoms with van der Waals surface area (Å²) < 4.78 is 0. The number of carbonyl (C=O) groups is 1. The SMILES string of the molecule is CC1CC[C@@]2(C)[C@@H](CC[C@@H]3[C@@H]2CC[C@]2(C)[C@@H](C(=O)CN4CCN(c5cc(N6CCCC6)nc(N6CCCC6)n5)CC4)CC[C@@H]32)C1. The molecule has 7 nitrogen and oxygen atoms in total. The van der Waals surface area contributed by atoms with Gasteiger partial charge in [0.1, 0.15) is 17.4 Å². The van der Waals surface area contributed by atoms with E-state index in [2.05, 4.69) is 46.4 Å². The average Bonchev–Trinajstić information content (AvgIpc) is 3.83. The number of nitrogens with zero attached hydrogens (tertiary/aromatic N) is 6. The van der Waals surface area contributed by atoms with Gasteiger partial charge in [0.25, 0.3) is 0 Å². The number of aromatic nitrogens is 2. The van der Waals surface area contributed by atoms with Gasteiger partial charge in [-0.05, 0) is 117 Å². The molecule has 1 aromatic heterocycles. The Bertz CT molecular complexity index is 1200. The largest absolute Gasteiger partial charge is 0.356 e. The highest BCUT2D eigenvalue weighted by molar-refractivity contribution is 5.84. The predicted molar refractivity (Wildman–Crippen MR) is 183 cm³/mol. The quantitative estimate of drug-likeness (QED) is 0.354. The van der Waals surface area contributed by atoms with Crippen LogP contribution in [0.15, 0.2) is 6.07 Å². The zero-order chi connectivity index (χ0) is 30.8. The van der Waals surface area contributed by atoms with Crippen molar-refractivity contribution >= 4 is 23.4 Å². The van der Waals surface area contributed by atoms with E-state index >= 15 is 0 Å². The van der Waals surface area contributed by atoms with Gasteiger partial charge in [-0.1, -0.05) is 27.2 Å². The normalized spacial score (nSPS) is 40.4. The minimum atomic E-state index is 0.226. The van der Waals surface area contributed by atoms with Gasteiger partial charge in [0, 0.05) is 64.3 Å². The lowest BCUT2D eigenvalue weighted by Gasteiger charge is -2.61. The molecule has 0 radical (unpaired) electrons. The van der Waals surface area contributed by atoms with E-state index in [0.717, 1.165) is 106 Å². The fraction of sp³-hybridized carbons (Fsp3) is 0.868. The summed E-state index contributed by atoms with van der Waals surface area (Å²) in [6.45, 7) is 16.5. The van der Waals surface area contributed by atoms with Crippen LogP contribution in [0.25, 0.3) is 0 Å². The average molecular weight is 617 g/mol. The summed E-state index contributed by atoms with van der Waals surface area (Å²) in [7, 11) is 0. The number of rotatable bonds is 6. The first-order valence-corrected chi connectivity index (χ1v) is 19.2. The second-order valence-electron chi connectivity index (χ2n) is 17.2. The first kappa shape index (κ1) is 30.4. The number of Topliss-reactive ketones (excluding diaryl/α,β-unsaturated/α-hetero) is 1. The molecule has 0 spiro atoms. The van der Waals surface area contributed by atoms with Crippen LogP contribution in [-0.2, 0) is 4.79 Å². The highest BCUT2D eigenvalue weighted by Crippen LogP contribution is 2.67. The van der Waals surface area contributed by atoms with Gasteiger partial charge in [-0.15, -0.1) is 0 Å². The van der Waals surface area contributed by atoms with Gasteiger partial charge in [0.05, 0.1) is 6.54 Å². The second kappa shape index (κ2) is 12.0. The number of anilines is 3. The summed E-state index contributed by atoms with van der Waals surface area (Å²) >= 11 is 0. The second-order valence-corrected chi connectivity index (χ2v) is 17.2.